The average Bonchev–Trinajstić information content (AvgIpc) is 2.77. The number of nitrogens with zero attached hydrogens (tertiary/aromatic N) is 1. The predicted octanol–water partition coefficient (Wildman–Crippen LogP) is 7.93. The molecule has 0 spiro atoms. The average molecular weight is 405 g/mol. The van der Waals surface area contributed by atoms with Crippen molar-refractivity contribution in [1.82, 2.24) is 4.98 Å². The highest BCUT2D eigenvalue weighted by molar-refractivity contribution is 5.83. The van der Waals surface area contributed by atoms with E-state index in [0.29, 0.717) is 16.6 Å². The van der Waals surface area contributed by atoms with Crippen LogP contribution in [0.2, 0.25) is 0 Å². The van der Waals surface area contributed by atoms with Gasteiger partial charge in [-0.1, -0.05) is 67.9 Å². The second-order valence-corrected chi connectivity index (χ2v) is 7.48. The van der Waals surface area contributed by atoms with Crippen LogP contribution in [0.25, 0.3) is 33.3 Å². The molecule has 0 amide bonds. The summed E-state index contributed by atoms with van der Waals surface area (Å²) in [6, 6.07) is 23.8. The van der Waals surface area contributed by atoms with Crippen LogP contribution in [0.4, 0.5) is 13.2 Å². The van der Waals surface area contributed by atoms with Gasteiger partial charge < -0.3 is 0 Å². The van der Waals surface area contributed by atoms with Crippen molar-refractivity contribution in [2.75, 3.05) is 0 Å². The van der Waals surface area contributed by atoms with Crippen LogP contribution in [0.5, 0.6) is 0 Å². The van der Waals surface area contributed by atoms with E-state index in [1.165, 1.54) is 24.5 Å². The van der Waals surface area contributed by atoms with E-state index in [4.69, 9.17) is 0 Å². The summed E-state index contributed by atoms with van der Waals surface area (Å²) in [7, 11) is 0. The zero-order valence-corrected chi connectivity index (χ0v) is 16.7. The number of hydrogen-bond acceptors (Lipinski definition) is 1. The van der Waals surface area contributed by atoms with Gasteiger partial charge >= 0.3 is 6.18 Å². The number of alkyl halides is 3. The molecule has 4 rings (SSSR count). The second kappa shape index (κ2) is 8.31. The number of unbranched alkanes of at least 4 members (excludes halogenated alkanes) is 1. The van der Waals surface area contributed by atoms with Crippen LogP contribution >= 0.6 is 0 Å². The van der Waals surface area contributed by atoms with Crippen molar-refractivity contribution in [3.63, 3.8) is 0 Å². The number of aryl methyl sites for hydroxylation is 1. The Morgan fingerprint density at radius 3 is 2.23 bits per heavy atom. The van der Waals surface area contributed by atoms with Gasteiger partial charge in [0.15, 0.2) is 0 Å². The maximum absolute atomic E-state index is 13.0. The van der Waals surface area contributed by atoms with Crippen LogP contribution in [0.15, 0.2) is 78.9 Å². The number of rotatable bonds is 5. The molecule has 0 bridgehead atoms. The molecule has 0 aliphatic rings. The van der Waals surface area contributed by atoms with Crippen molar-refractivity contribution in [3.05, 3.63) is 90.0 Å². The van der Waals surface area contributed by atoms with Gasteiger partial charge in [0.1, 0.15) is 0 Å². The van der Waals surface area contributed by atoms with Crippen LogP contribution in [0.1, 0.15) is 30.9 Å². The molecule has 0 unspecified atom stereocenters. The van der Waals surface area contributed by atoms with Gasteiger partial charge in [0, 0.05) is 10.9 Å². The van der Waals surface area contributed by atoms with E-state index >= 15 is 0 Å². The van der Waals surface area contributed by atoms with Crippen molar-refractivity contribution in [2.24, 2.45) is 0 Å². The summed E-state index contributed by atoms with van der Waals surface area (Å²) < 4.78 is 39.1. The Hall–Kier alpha value is -3.14. The molecule has 1 aromatic heterocycles. The number of hydrogen-bond donors (Lipinski definition) is 0. The van der Waals surface area contributed by atoms with Gasteiger partial charge in [0.2, 0.25) is 0 Å². The zero-order valence-electron chi connectivity index (χ0n) is 16.7. The van der Waals surface area contributed by atoms with Gasteiger partial charge in [0.05, 0.1) is 16.8 Å². The van der Waals surface area contributed by atoms with E-state index in [1.807, 2.05) is 36.4 Å². The molecule has 30 heavy (non-hydrogen) atoms. The van der Waals surface area contributed by atoms with E-state index in [2.05, 4.69) is 36.2 Å². The first-order valence-electron chi connectivity index (χ1n) is 10.1. The van der Waals surface area contributed by atoms with E-state index < -0.39 is 11.7 Å². The van der Waals surface area contributed by atoms with Gasteiger partial charge in [-0.3, -0.25) is 0 Å². The molecular weight excluding hydrogens is 383 g/mol. The number of halogens is 3. The van der Waals surface area contributed by atoms with Gasteiger partial charge in [-0.25, -0.2) is 4.98 Å². The molecule has 0 fully saturated rings. The molecule has 3 aromatic carbocycles. The third-order valence-corrected chi connectivity index (χ3v) is 5.28. The quantitative estimate of drug-likeness (QED) is 0.328. The summed E-state index contributed by atoms with van der Waals surface area (Å²) >= 11 is 0. The van der Waals surface area contributed by atoms with Crippen molar-refractivity contribution in [3.8, 4) is 22.4 Å². The fourth-order valence-electron chi connectivity index (χ4n) is 3.56. The molecule has 0 aliphatic heterocycles. The third-order valence-electron chi connectivity index (χ3n) is 5.28. The number of benzene rings is 3. The first-order chi connectivity index (χ1) is 14.4. The summed E-state index contributed by atoms with van der Waals surface area (Å²) in [5.74, 6) is 0. The summed E-state index contributed by atoms with van der Waals surface area (Å²) in [6.45, 7) is 2.19. The van der Waals surface area contributed by atoms with E-state index in [-0.39, 0.29) is 0 Å². The fraction of sp³-hybridized carbons (Fsp3) is 0.192. The molecule has 152 valence electrons. The van der Waals surface area contributed by atoms with Crippen LogP contribution in [0, 0.1) is 0 Å². The fourth-order valence-corrected chi connectivity index (χ4v) is 3.56. The van der Waals surface area contributed by atoms with Crippen molar-refractivity contribution < 1.29 is 13.2 Å². The highest BCUT2D eigenvalue weighted by Crippen LogP contribution is 2.32. The monoisotopic (exact) mass is 405 g/mol. The lowest BCUT2D eigenvalue weighted by Crippen LogP contribution is -2.04. The molecule has 4 heteroatoms. The third kappa shape index (κ3) is 4.38. The molecule has 1 nitrogen and oxygen atoms in total. The molecule has 1 heterocycles. The van der Waals surface area contributed by atoms with Crippen LogP contribution in [-0.4, -0.2) is 4.98 Å². The Morgan fingerprint density at radius 2 is 1.50 bits per heavy atom. The number of fused-ring (bicyclic) bond motifs is 1. The topological polar surface area (TPSA) is 12.9 Å². The van der Waals surface area contributed by atoms with E-state index in [9.17, 15) is 13.2 Å². The SMILES string of the molecule is CCCCc1ccc(-c2cccc(-c3ccc4ccc(C(F)(F)F)cc4n3)c2)cc1. The molecule has 0 atom stereocenters. The van der Waals surface area contributed by atoms with E-state index in [0.717, 1.165) is 35.2 Å². The van der Waals surface area contributed by atoms with Gasteiger partial charge in [-0.2, -0.15) is 13.2 Å². The lowest BCUT2D eigenvalue weighted by Gasteiger charge is -2.10. The van der Waals surface area contributed by atoms with Crippen LogP contribution in [-0.2, 0) is 12.6 Å². The summed E-state index contributed by atoms with van der Waals surface area (Å²) in [5.41, 5.74) is 4.68. The summed E-state index contributed by atoms with van der Waals surface area (Å²) in [5, 5.41) is 0.686. The second-order valence-electron chi connectivity index (χ2n) is 7.48. The number of pyridine rings is 1. The molecule has 4 aromatic rings. The molecular formula is C26H22F3N. The minimum absolute atomic E-state index is 0.341. The standard InChI is InChI=1S/C26H22F3N/c1-2-3-5-18-8-10-19(11-9-18)21-6-4-7-22(16-21)24-15-13-20-12-14-23(26(27,28)29)17-25(20)30-24/h4,6-17H,2-3,5H2,1H3. The maximum atomic E-state index is 13.0. The Bertz CT molecular complexity index is 1160. The molecule has 0 radical (unpaired) electrons. The van der Waals surface area contributed by atoms with Crippen LogP contribution in [0.3, 0.4) is 0 Å². The molecule has 0 saturated carbocycles. The largest absolute Gasteiger partial charge is 0.416 e. The zero-order chi connectivity index (χ0) is 21.1. The van der Waals surface area contributed by atoms with Crippen molar-refractivity contribution in [2.45, 2.75) is 32.4 Å². The van der Waals surface area contributed by atoms with Crippen molar-refractivity contribution in [1.29, 1.82) is 0 Å². The maximum Gasteiger partial charge on any atom is 0.416 e. The van der Waals surface area contributed by atoms with Gasteiger partial charge in [-0.05, 0) is 53.8 Å². The predicted molar refractivity (Wildman–Crippen MR) is 116 cm³/mol. The lowest BCUT2D eigenvalue weighted by atomic mass is 9.99. The Morgan fingerprint density at radius 1 is 0.767 bits per heavy atom. The van der Waals surface area contributed by atoms with Gasteiger partial charge in [-0.15, -0.1) is 0 Å². The molecule has 0 N–H and O–H groups in total. The molecule has 0 aliphatic carbocycles. The smallest absolute Gasteiger partial charge is 0.248 e. The molecule has 0 saturated heterocycles. The summed E-state index contributed by atoms with van der Waals surface area (Å²) in [4.78, 5) is 4.50. The minimum Gasteiger partial charge on any atom is -0.248 e. The number of aromatic nitrogens is 1. The van der Waals surface area contributed by atoms with Gasteiger partial charge in [0.25, 0.3) is 0 Å². The summed E-state index contributed by atoms with van der Waals surface area (Å²) in [6.07, 6.45) is -0.946. The van der Waals surface area contributed by atoms with Crippen molar-refractivity contribution >= 4 is 10.9 Å². The lowest BCUT2D eigenvalue weighted by molar-refractivity contribution is -0.137. The Balaban J connectivity index is 1.67. The van der Waals surface area contributed by atoms with E-state index in [1.54, 1.807) is 0 Å². The highest BCUT2D eigenvalue weighted by Gasteiger charge is 2.30. The first-order valence-corrected chi connectivity index (χ1v) is 10.1. The normalized spacial score (nSPS) is 11.7. The Labute approximate surface area is 174 Å². The van der Waals surface area contributed by atoms with Crippen LogP contribution < -0.4 is 0 Å². The Kier molecular flexibility index (Phi) is 5.58. The minimum atomic E-state index is -4.38. The highest BCUT2D eigenvalue weighted by atomic mass is 19.4. The first kappa shape index (κ1) is 20.1.